The topological polar surface area (TPSA) is 9.23 Å². The standard InChI is InChI=1S/C3F8O/c4-1(12-11,2(5,6)7)3(8,9)10. The second-order valence-corrected chi connectivity index (χ2v) is 1.67. The minimum Gasteiger partial charge on any atom is -0.188 e. The molecule has 1 nitrogen and oxygen atoms in total. The van der Waals surface area contributed by atoms with Crippen LogP contribution in [0.4, 0.5) is 35.3 Å². The van der Waals surface area contributed by atoms with Crippen molar-refractivity contribution in [1.29, 1.82) is 0 Å². The van der Waals surface area contributed by atoms with Gasteiger partial charge in [-0.2, -0.15) is 30.7 Å². The lowest BCUT2D eigenvalue weighted by Crippen LogP contribution is -2.53. The van der Waals surface area contributed by atoms with Crippen molar-refractivity contribution in [1.82, 2.24) is 0 Å². The number of rotatable bonds is 1. The third-order valence-corrected chi connectivity index (χ3v) is 0.836. The van der Waals surface area contributed by atoms with E-state index >= 15 is 0 Å². The van der Waals surface area contributed by atoms with Crippen molar-refractivity contribution in [3.63, 3.8) is 0 Å². The van der Waals surface area contributed by atoms with E-state index in [9.17, 15) is 35.3 Å². The largest absolute Gasteiger partial charge is 0.461 e. The van der Waals surface area contributed by atoms with Gasteiger partial charge in [-0.05, 0) is 4.53 Å². The number of hydrogen-bond acceptors (Lipinski definition) is 1. The van der Waals surface area contributed by atoms with Crippen LogP contribution in [0.2, 0.25) is 0 Å². The van der Waals surface area contributed by atoms with E-state index < -0.39 is 18.2 Å². The summed E-state index contributed by atoms with van der Waals surface area (Å²) in [6.45, 7) is 0. The van der Waals surface area contributed by atoms with E-state index in [2.05, 4.69) is 0 Å². The minimum absolute atomic E-state index is 1.25. The summed E-state index contributed by atoms with van der Waals surface area (Å²) in [5.41, 5.74) is 0. The van der Waals surface area contributed by atoms with Gasteiger partial charge in [0.05, 0.1) is 0 Å². The van der Waals surface area contributed by atoms with Crippen molar-refractivity contribution in [2.75, 3.05) is 0 Å². The zero-order chi connectivity index (χ0) is 10.2. The summed E-state index contributed by atoms with van der Waals surface area (Å²) in [4.78, 5) is 1.25. The second-order valence-electron chi connectivity index (χ2n) is 1.67. The molecular formula is C3F8O. The molecule has 0 atom stereocenters. The fourth-order valence-electron chi connectivity index (χ4n) is 0.248. The molecule has 0 radical (unpaired) electrons. The first-order valence-corrected chi connectivity index (χ1v) is 2.18. The van der Waals surface area contributed by atoms with Crippen molar-refractivity contribution >= 4 is 0 Å². The molecule has 0 aliphatic rings. The van der Waals surface area contributed by atoms with Gasteiger partial charge >= 0.3 is 18.2 Å². The summed E-state index contributed by atoms with van der Waals surface area (Å²) in [6, 6.07) is 0. The first-order chi connectivity index (χ1) is 5.06. The molecule has 0 bridgehead atoms. The summed E-state index contributed by atoms with van der Waals surface area (Å²) in [5, 5.41) is 0. The molecule has 0 unspecified atom stereocenters. The van der Waals surface area contributed by atoms with E-state index in [1.54, 1.807) is 0 Å². The van der Waals surface area contributed by atoms with Crippen LogP contribution in [0, 0.1) is 0 Å². The predicted molar refractivity (Wildman–Crippen MR) is 18.1 cm³/mol. The van der Waals surface area contributed by atoms with Gasteiger partial charge in [-0.25, -0.2) is 0 Å². The number of halogens is 8. The normalized spacial score (nSPS) is 15.0. The van der Waals surface area contributed by atoms with Crippen LogP contribution in [0.15, 0.2) is 0 Å². The molecular weight excluding hydrogens is 204 g/mol. The molecule has 0 aromatic carbocycles. The Morgan fingerprint density at radius 1 is 0.667 bits per heavy atom. The first kappa shape index (κ1) is 11.4. The van der Waals surface area contributed by atoms with Gasteiger partial charge in [-0.3, -0.25) is 0 Å². The summed E-state index contributed by atoms with van der Waals surface area (Å²) in [5.74, 6) is -6.25. The van der Waals surface area contributed by atoms with Crippen molar-refractivity contribution in [2.45, 2.75) is 18.2 Å². The Kier molecular flexibility index (Phi) is 2.58. The maximum absolute atomic E-state index is 11.7. The monoisotopic (exact) mass is 204 g/mol. The highest BCUT2D eigenvalue weighted by molar-refractivity contribution is 4.84. The number of hydrogen-bond donors (Lipinski definition) is 0. The van der Waals surface area contributed by atoms with Crippen LogP contribution in [0.5, 0.6) is 0 Å². The quantitative estimate of drug-likeness (QED) is 0.596. The smallest absolute Gasteiger partial charge is 0.188 e. The molecule has 0 heterocycles. The van der Waals surface area contributed by atoms with Gasteiger partial charge in [-0.1, -0.05) is 0 Å². The SMILES string of the molecule is FOC(F)(C(F)(F)F)C(F)(F)F. The van der Waals surface area contributed by atoms with Crippen LogP contribution in [0.3, 0.4) is 0 Å². The molecule has 0 aromatic rings. The van der Waals surface area contributed by atoms with Gasteiger partial charge in [0.2, 0.25) is 0 Å². The minimum atomic E-state index is -6.50. The zero-order valence-corrected chi connectivity index (χ0v) is 4.93. The summed E-state index contributed by atoms with van der Waals surface area (Å²) in [7, 11) is 0. The molecule has 0 saturated heterocycles. The average Bonchev–Trinajstić information content (AvgIpc) is 1.81. The van der Waals surface area contributed by atoms with Gasteiger partial charge < -0.3 is 0 Å². The van der Waals surface area contributed by atoms with Gasteiger partial charge in [0.15, 0.2) is 0 Å². The summed E-state index contributed by atoms with van der Waals surface area (Å²) in [6.07, 6.45) is -13.0. The molecule has 0 aliphatic carbocycles. The van der Waals surface area contributed by atoms with Crippen molar-refractivity contribution < 1.29 is 40.2 Å². The van der Waals surface area contributed by atoms with Crippen LogP contribution in [-0.2, 0) is 4.94 Å². The molecule has 12 heavy (non-hydrogen) atoms. The highest BCUT2D eigenvalue weighted by Gasteiger charge is 2.76. The van der Waals surface area contributed by atoms with E-state index in [4.69, 9.17) is 0 Å². The van der Waals surface area contributed by atoms with Gasteiger partial charge in [-0.15, -0.1) is 4.94 Å². The third kappa shape index (κ3) is 1.59. The molecule has 0 amide bonds. The highest BCUT2D eigenvalue weighted by Crippen LogP contribution is 2.46. The van der Waals surface area contributed by atoms with Crippen LogP contribution in [-0.4, -0.2) is 18.2 Å². The Labute approximate surface area is 59.8 Å². The molecule has 0 spiro atoms. The Morgan fingerprint density at radius 2 is 0.917 bits per heavy atom. The molecule has 0 N–H and O–H groups in total. The van der Waals surface area contributed by atoms with E-state index in [-0.39, 0.29) is 0 Å². The van der Waals surface area contributed by atoms with E-state index in [0.29, 0.717) is 0 Å². The lowest BCUT2D eigenvalue weighted by Gasteiger charge is -2.24. The lowest BCUT2D eigenvalue weighted by atomic mass is 10.3. The molecule has 0 fully saturated rings. The van der Waals surface area contributed by atoms with Crippen molar-refractivity contribution in [3.05, 3.63) is 0 Å². The van der Waals surface area contributed by atoms with E-state index in [0.717, 1.165) is 0 Å². The number of alkyl halides is 7. The van der Waals surface area contributed by atoms with Gasteiger partial charge in [0, 0.05) is 0 Å². The van der Waals surface area contributed by atoms with Crippen molar-refractivity contribution in [2.24, 2.45) is 0 Å². The van der Waals surface area contributed by atoms with E-state index in [1.165, 1.54) is 4.94 Å². The van der Waals surface area contributed by atoms with Crippen LogP contribution in [0.1, 0.15) is 0 Å². The average molecular weight is 204 g/mol. The molecule has 74 valence electrons. The van der Waals surface area contributed by atoms with Crippen LogP contribution in [0.25, 0.3) is 0 Å². The molecule has 0 aromatic heterocycles. The van der Waals surface area contributed by atoms with Gasteiger partial charge in [0.1, 0.15) is 0 Å². The molecule has 0 rings (SSSR count). The fraction of sp³-hybridized carbons (Fsp3) is 1.00. The molecule has 0 saturated carbocycles. The first-order valence-electron chi connectivity index (χ1n) is 2.18. The van der Waals surface area contributed by atoms with Crippen LogP contribution < -0.4 is 0 Å². The predicted octanol–water partition coefficient (Wildman–Crippen LogP) is 2.68. The zero-order valence-electron chi connectivity index (χ0n) is 4.93. The Hall–Kier alpha value is -0.600. The highest BCUT2D eigenvalue weighted by atomic mass is 19.4. The Bertz CT molecular complexity index is 141. The molecule has 9 heteroatoms. The van der Waals surface area contributed by atoms with Crippen LogP contribution >= 0.6 is 0 Å². The van der Waals surface area contributed by atoms with Gasteiger partial charge in [0.25, 0.3) is 0 Å². The Morgan fingerprint density at radius 3 is 0.917 bits per heavy atom. The van der Waals surface area contributed by atoms with Crippen molar-refractivity contribution in [3.8, 4) is 0 Å². The lowest BCUT2D eigenvalue weighted by molar-refractivity contribution is -0.479. The summed E-state index contributed by atoms with van der Waals surface area (Å²) < 4.78 is 89.2. The third-order valence-electron chi connectivity index (χ3n) is 0.836. The summed E-state index contributed by atoms with van der Waals surface area (Å²) >= 11 is 0. The Balaban J connectivity index is 4.95. The van der Waals surface area contributed by atoms with E-state index in [1.807, 2.05) is 0 Å². The second kappa shape index (κ2) is 2.71. The fourth-order valence-corrected chi connectivity index (χ4v) is 0.248. The maximum Gasteiger partial charge on any atom is 0.461 e. The molecule has 0 aliphatic heterocycles. The maximum atomic E-state index is 11.7.